The van der Waals surface area contributed by atoms with Gasteiger partial charge < -0.3 is 10.2 Å². The molecule has 1 aliphatic heterocycles. The summed E-state index contributed by atoms with van der Waals surface area (Å²) in [6.07, 6.45) is 4.95. The molecule has 20 heavy (non-hydrogen) atoms. The molecule has 0 spiro atoms. The summed E-state index contributed by atoms with van der Waals surface area (Å²) in [6, 6.07) is 5.43. The van der Waals surface area contributed by atoms with Crippen molar-refractivity contribution in [2.24, 2.45) is 0 Å². The second-order valence-corrected chi connectivity index (χ2v) is 6.44. The lowest BCUT2D eigenvalue weighted by Gasteiger charge is -2.32. The number of nitrogens with one attached hydrogen (secondary N) is 1. The highest BCUT2D eigenvalue weighted by atomic mass is 79.9. The van der Waals surface area contributed by atoms with Gasteiger partial charge in [-0.25, -0.2) is 4.39 Å². The van der Waals surface area contributed by atoms with E-state index in [-0.39, 0.29) is 5.82 Å². The predicted octanol–water partition coefficient (Wildman–Crippen LogP) is 3.94. The van der Waals surface area contributed by atoms with E-state index in [0.717, 1.165) is 16.6 Å². The van der Waals surface area contributed by atoms with Crippen LogP contribution in [-0.4, -0.2) is 30.6 Å². The van der Waals surface area contributed by atoms with E-state index in [1.807, 2.05) is 0 Å². The zero-order chi connectivity index (χ0) is 14.4. The van der Waals surface area contributed by atoms with Gasteiger partial charge in [-0.15, -0.1) is 0 Å². The highest BCUT2D eigenvalue weighted by Crippen LogP contribution is 2.19. The third-order valence-electron chi connectivity index (χ3n) is 4.00. The number of hydrogen-bond acceptors (Lipinski definition) is 2. The molecule has 1 saturated heterocycles. The number of piperidine rings is 1. The van der Waals surface area contributed by atoms with Gasteiger partial charge in [-0.05, 0) is 62.7 Å². The average molecular weight is 343 g/mol. The Morgan fingerprint density at radius 1 is 1.35 bits per heavy atom. The van der Waals surface area contributed by atoms with Crippen LogP contribution in [0.3, 0.4) is 0 Å². The van der Waals surface area contributed by atoms with Crippen molar-refractivity contribution in [3.05, 3.63) is 34.1 Å². The normalized spacial score (nSPS) is 17.6. The molecule has 1 fully saturated rings. The lowest BCUT2D eigenvalue weighted by atomic mass is 10.0. The first-order valence-electron chi connectivity index (χ1n) is 7.58. The summed E-state index contributed by atoms with van der Waals surface area (Å²) in [7, 11) is 0. The van der Waals surface area contributed by atoms with Crippen molar-refractivity contribution < 1.29 is 4.39 Å². The molecule has 1 aromatic carbocycles. The first kappa shape index (κ1) is 15.9. The molecular formula is C16H24BrFN2. The van der Waals surface area contributed by atoms with Gasteiger partial charge in [-0.1, -0.05) is 29.3 Å². The Bertz CT molecular complexity index is 417. The van der Waals surface area contributed by atoms with Crippen molar-refractivity contribution in [3.63, 3.8) is 0 Å². The van der Waals surface area contributed by atoms with E-state index in [4.69, 9.17) is 0 Å². The summed E-state index contributed by atoms with van der Waals surface area (Å²) in [5.74, 6) is -0.167. The van der Waals surface area contributed by atoms with Crippen LogP contribution < -0.4 is 5.32 Å². The van der Waals surface area contributed by atoms with Crippen LogP contribution >= 0.6 is 15.9 Å². The zero-order valence-corrected chi connectivity index (χ0v) is 13.8. The molecule has 0 atom stereocenters. The number of nitrogens with zero attached hydrogens (tertiary/aromatic N) is 1. The summed E-state index contributed by atoms with van der Waals surface area (Å²) < 4.78 is 14.2. The summed E-state index contributed by atoms with van der Waals surface area (Å²) in [5.41, 5.74) is 0.999. The van der Waals surface area contributed by atoms with E-state index in [0.29, 0.717) is 6.04 Å². The molecule has 0 bridgehead atoms. The number of hydrogen-bond donors (Lipinski definition) is 1. The van der Waals surface area contributed by atoms with Gasteiger partial charge in [0, 0.05) is 17.1 Å². The summed E-state index contributed by atoms with van der Waals surface area (Å²) >= 11 is 3.48. The van der Waals surface area contributed by atoms with Gasteiger partial charge in [0.1, 0.15) is 5.82 Å². The molecule has 1 aliphatic rings. The molecule has 0 radical (unpaired) electrons. The molecule has 0 amide bonds. The molecule has 112 valence electrons. The number of unbranched alkanes of at least 4 members (excludes halogenated alkanes) is 1. The molecule has 0 saturated carbocycles. The third-order valence-corrected chi connectivity index (χ3v) is 4.78. The van der Waals surface area contributed by atoms with Crippen LogP contribution in [0, 0.1) is 5.82 Å². The van der Waals surface area contributed by atoms with Gasteiger partial charge in [0.25, 0.3) is 0 Å². The number of rotatable bonds is 6. The molecule has 1 heterocycles. The lowest BCUT2D eigenvalue weighted by molar-refractivity contribution is 0.195. The van der Waals surface area contributed by atoms with Crippen LogP contribution in [0.5, 0.6) is 0 Å². The maximum absolute atomic E-state index is 13.2. The third kappa shape index (κ3) is 4.83. The van der Waals surface area contributed by atoms with Crippen molar-refractivity contribution in [3.8, 4) is 0 Å². The van der Waals surface area contributed by atoms with Crippen LogP contribution in [-0.2, 0) is 6.54 Å². The monoisotopic (exact) mass is 342 g/mol. The zero-order valence-electron chi connectivity index (χ0n) is 12.2. The van der Waals surface area contributed by atoms with Gasteiger partial charge in [-0.3, -0.25) is 0 Å². The second kappa shape index (κ2) is 8.11. The highest BCUT2D eigenvalue weighted by Gasteiger charge is 2.18. The molecular weight excluding hydrogens is 319 g/mol. The molecule has 0 aliphatic carbocycles. The van der Waals surface area contributed by atoms with Crippen LogP contribution in [0.1, 0.15) is 38.2 Å². The Kier molecular flexibility index (Phi) is 6.46. The lowest BCUT2D eigenvalue weighted by Crippen LogP contribution is -2.42. The molecule has 2 rings (SSSR count). The smallest absolute Gasteiger partial charge is 0.123 e. The van der Waals surface area contributed by atoms with E-state index in [1.165, 1.54) is 51.4 Å². The van der Waals surface area contributed by atoms with Crippen molar-refractivity contribution >= 4 is 15.9 Å². The first-order valence-corrected chi connectivity index (χ1v) is 8.38. The Morgan fingerprint density at radius 2 is 2.10 bits per heavy atom. The Morgan fingerprint density at radius 3 is 2.80 bits per heavy atom. The van der Waals surface area contributed by atoms with E-state index in [2.05, 4.69) is 33.1 Å². The maximum atomic E-state index is 13.2. The van der Waals surface area contributed by atoms with Gasteiger partial charge in [-0.2, -0.15) is 0 Å². The van der Waals surface area contributed by atoms with E-state index < -0.39 is 0 Å². The van der Waals surface area contributed by atoms with Crippen molar-refractivity contribution in [1.82, 2.24) is 10.2 Å². The fourth-order valence-corrected chi connectivity index (χ4v) is 3.06. The van der Waals surface area contributed by atoms with Gasteiger partial charge in [0.15, 0.2) is 0 Å². The van der Waals surface area contributed by atoms with Crippen LogP contribution in [0.15, 0.2) is 22.7 Å². The Balaban J connectivity index is 1.74. The predicted molar refractivity (Wildman–Crippen MR) is 85.3 cm³/mol. The summed E-state index contributed by atoms with van der Waals surface area (Å²) in [4.78, 5) is 2.56. The Labute approximate surface area is 129 Å². The highest BCUT2D eigenvalue weighted by molar-refractivity contribution is 9.10. The van der Waals surface area contributed by atoms with Gasteiger partial charge in [0.05, 0.1) is 0 Å². The molecule has 1 N–H and O–H groups in total. The van der Waals surface area contributed by atoms with Crippen LogP contribution in [0.2, 0.25) is 0 Å². The Hall–Kier alpha value is -0.450. The van der Waals surface area contributed by atoms with Gasteiger partial charge in [0.2, 0.25) is 0 Å². The molecule has 2 nitrogen and oxygen atoms in total. The van der Waals surface area contributed by atoms with E-state index in [1.54, 1.807) is 12.1 Å². The molecule has 4 heteroatoms. The van der Waals surface area contributed by atoms with Crippen molar-refractivity contribution in [1.29, 1.82) is 0 Å². The second-order valence-electron chi connectivity index (χ2n) is 5.59. The summed E-state index contributed by atoms with van der Waals surface area (Å²) in [6.45, 7) is 6.58. The standard InChI is InChI=1S/C16H24BrFN2/c1-2-3-8-20-9-6-15(7-10-20)19-12-13-11-14(18)4-5-16(13)17/h4-5,11,15,19H,2-3,6-10,12H2,1H3. The van der Waals surface area contributed by atoms with E-state index in [9.17, 15) is 4.39 Å². The molecule has 1 aromatic rings. The average Bonchev–Trinajstić information content (AvgIpc) is 2.47. The van der Waals surface area contributed by atoms with Crippen molar-refractivity contribution in [2.75, 3.05) is 19.6 Å². The van der Waals surface area contributed by atoms with Crippen LogP contribution in [0.4, 0.5) is 4.39 Å². The topological polar surface area (TPSA) is 15.3 Å². The minimum atomic E-state index is -0.167. The van der Waals surface area contributed by atoms with Crippen LogP contribution in [0.25, 0.3) is 0 Å². The van der Waals surface area contributed by atoms with Crippen molar-refractivity contribution in [2.45, 2.75) is 45.2 Å². The number of likely N-dealkylation sites (tertiary alicyclic amines) is 1. The largest absolute Gasteiger partial charge is 0.310 e. The fourth-order valence-electron chi connectivity index (χ4n) is 2.68. The number of benzene rings is 1. The molecule has 0 unspecified atom stereocenters. The SMILES string of the molecule is CCCCN1CCC(NCc2cc(F)ccc2Br)CC1. The minimum Gasteiger partial charge on any atom is -0.310 e. The minimum absolute atomic E-state index is 0.167. The summed E-state index contributed by atoms with van der Waals surface area (Å²) in [5, 5.41) is 3.56. The van der Waals surface area contributed by atoms with Gasteiger partial charge >= 0.3 is 0 Å². The quantitative estimate of drug-likeness (QED) is 0.842. The number of halogens is 2. The fraction of sp³-hybridized carbons (Fsp3) is 0.625. The first-order chi connectivity index (χ1) is 9.69. The molecule has 0 aromatic heterocycles. The maximum Gasteiger partial charge on any atom is 0.123 e. The van der Waals surface area contributed by atoms with E-state index >= 15 is 0 Å².